The lowest BCUT2D eigenvalue weighted by molar-refractivity contribution is -0.141. The first-order valence-electron chi connectivity index (χ1n) is 7.84. The van der Waals surface area contributed by atoms with Crippen molar-refractivity contribution in [3.63, 3.8) is 0 Å². The highest BCUT2D eigenvalue weighted by atomic mass is 16.5. The lowest BCUT2D eigenvalue weighted by atomic mass is 10.2. The molecule has 23 heavy (non-hydrogen) atoms. The van der Waals surface area contributed by atoms with Crippen molar-refractivity contribution in [2.75, 3.05) is 26.7 Å². The molecule has 0 radical (unpaired) electrons. The number of hydrogen-bond acceptors (Lipinski definition) is 3. The van der Waals surface area contributed by atoms with Crippen LogP contribution in [-0.4, -0.2) is 48.8 Å². The van der Waals surface area contributed by atoms with Gasteiger partial charge < -0.3 is 20.1 Å². The largest absolute Gasteiger partial charge is 0.481 e. The number of benzene rings is 1. The van der Waals surface area contributed by atoms with Gasteiger partial charge in [0.15, 0.2) is 0 Å². The summed E-state index contributed by atoms with van der Waals surface area (Å²) >= 11 is 0. The van der Waals surface area contributed by atoms with Gasteiger partial charge in [-0.2, -0.15) is 0 Å². The summed E-state index contributed by atoms with van der Waals surface area (Å²) in [6.45, 7) is 3.58. The molecule has 0 saturated heterocycles. The predicted octanol–water partition coefficient (Wildman–Crippen LogP) is 2.35. The minimum atomic E-state index is -0.903. The standard InChI is InChI=1S/C17H26N2O4/c1-14(16(20)21)12-19(2)17(22)18-10-6-7-11-23-13-15-8-4-3-5-9-15/h3-5,8-9,14H,6-7,10-13H2,1-2H3,(H,18,22)(H,20,21). The van der Waals surface area contributed by atoms with Gasteiger partial charge in [-0.05, 0) is 18.4 Å². The van der Waals surface area contributed by atoms with Crippen molar-refractivity contribution in [1.82, 2.24) is 10.2 Å². The number of urea groups is 1. The number of ether oxygens (including phenoxy) is 1. The first-order chi connectivity index (χ1) is 11.0. The number of aliphatic carboxylic acids is 1. The molecule has 0 heterocycles. The quantitative estimate of drug-likeness (QED) is 0.648. The van der Waals surface area contributed by atoms with Gasteiger partial charge in [0.25, 0.3) is 0 Å². The molecule has 1 aromatic rings. The molecule has 0 aliphatic carbocycles. The zero-order valence-corrected chi connectivity index (χ0v) is 13.8. The van der Waals surface area contributed by atoms with E-state index in [0.29, 0.717) is 19.8 Å². The third-order valence-electron chi connectivity index (χ3n) is 3.42. The van der Waals surface area contributed by atoms with Gasteiger partial charge in [0.1, 0.15) is 0 Å². The van der Waals surface area contributed by atoms with E-state index in [9.17, 15) is 9.59 Å². The van der Waals surface area contributed by atoms with Crippen LogP contribution in [0.15, 0.2) is 30.3 Å². The number of amides is 2. The average Bonchev–Trinajstić information content (AvgIpc) is 2.54. The van der Waals surface area contributed by atoms with Crippen molar-refractivity contribution in [3.05, 3.63) is 35.9 Å². The Balaban J connectivity index is 2.03. The molecule has 6 nitrogen and oxygen atoms in total. The number of carbonyl (C=O) groups is 2. The summed E-state index contributed by atoms with van der Waals surface area (Å²) in [5, 5.41) is 11.6. The van der Waals surface area contributed by atoms with Gasteiger partial charge in [0.05, 0.1) is 12.5 Å². The van der Waals surface area contributed by atoms with E-state index in [-0.39, 0.29) is 12.6 Å². The van der Waals surface area contributed by atoms with Gasteiger partial charge in [-0.1, -0.05) is 37.3 Å². The molecular weight excluding hydrogens is 296 g/mol. The number of carbonyl (C=O) groups excluding carboxylic acids is 1. The highest BCUT2D eigenvalue weighted by molar-refractivity contribution is 5.75. The number of unbranched alkanes of at least 4 members (excludes halogenated alkanes) is 1. The van der Waals surface area contributed by atoms with Crippen LogP contribution in [0.2, 0.25) is 0 Å². The van der Waals surface area contributed by atoms with E-state index < -0.39 is 11.9 Å². The van der Waals surface area contributed by atoms with E-state index in [1.807, 2.05) is 30.3 Å². The van der Waals surface area contributed by atoms with Crippen LogP contribution < -0.4 is 5.32 Å². The number of carboxylic acids is 1. The Morgan fingerprint density at radius 1 is 1.26 bits per heavy atom. The van der Waals surface area contributed by atoms with E-state index in [1.165, 1.54) is 4.90 Å². The van der Waals surface area contributed by atoms with E-state index in [0.717, 1.165) is 18.4 Å². The number of rotatable bonds is 10. The van der Waals surface area contributed by atoms with E-state index >= 15 is 0 Å². The molecule has 0 saturated carbocycles. The molecule has 1 rings (SSSR count). The predicted molar refractivity (Wildman–Crippen MR) is 88.2 cm³/mol. The number of nitrogens with one attached hydrogen (secondary N) is 1. The van der Waals surface area contributed by atoms with Gasteiger partial charge >= 0.3 is 12.0 Å². The van der Waals surface area contributed by atoms with Gasteiger partial charge in [0, 0.05) is 26.7 Å². The van der Waals surface area contributed by atoms with Crippen LogP contribution in [0.5, 0.6) is 0 Å². The van der Waals surface area contributed by atoms with Crippen LogP contribution >= 0.6 is 0 Å². The van der Waals surface area contributed by atoms with Crippen molar-refractivity contribution in [1.29, 1.82) is 0 Å². The number of carboxylic acid groups (broad SMARTS) is 1. The van der Waals surface area contributed by atoms with Crippen LogP contribution in [0, 0.1) is 5.92 Å². The zero-order chi connectivity index (χ0) is 17.1. The van der Waals surface area contributed by atoms with Crippen LogP contribution in [0.4, 0.5) is 4.79 Å². The second-order valence-electron chi connectivity index (χ2n) is 5.60. The summed E-state index contributed by atoms with van der Waals surface area (Å²) in [4.78, 5) is 23.9. The topological polar surface area (TPSA) is 78.9 Å². The minimum Gasteiger partial charge on any atom is -0.481 e. The van der Waals surface area contributed by atoms with E-state index in [4.69, 9.17) is 9.84 Å². The Morgan fingerprint density at radius 2 is 1.96 bits per heavy atom. The molecule has 128 valence electrons. The monoisotopic (exact) mass is 322 g/mol. The summed E-state index contributed by atoms with van der Waals surface area (Å²) in [7, 11) is 1.59. The lowest BCUT2D eigenvalue weighted by Gasteiger charge is -2.19. The summed E-state index contributed by atoms with van der Waals surface area (Å²) < 4.78 is 5.56. The van der Waals surface area contributed by atoms with Gasteiger partial charge in [0.2, 0.25) is 0 Å². The first kappa shape index (κ1) is 19.0. The minimum absolute atomic E-state index is 0.196. The Bertz CT molecular complexity index is 479. The Labute approximate surface area is 137 Å². The highest BCUT2D eigenvalue weighted by Crippen LogP contribution is 2.02. The van der Waals surface area contributed by atoms with Crippen molar-refractivity contribution in [3.8, 4) is 0 Å². The summed E-state index contributed by atoms with van der Waals surface area (Å²) in [6.07, 6.45) is 1.69. The molecule has 0 spiro atoms. The Kier molecular flexibility index (Phi) is 8.75. The zero-order valence-electron chi connectivity index (χ0n) is 13.8. The van der Waals surface area contributed by atoms with Gasteiger partial charge in [-0.25, -0.2) is 4.79 Å². The third-order valence-corrected chi connectivity index (χ3v) is 3.42. The third kappa shape index (κ3) is 8.21. The number of nitrogens with zero attached hydrogens (tertiary/aromatic N) is 1. The van der Waals surface area contributed by atoms with Gasteiger partial charge in [-0.15, -0.1) is 0 Å². The Hall–Kier alpha value is -2.08. The van der Waals surface area contributed by atoms with Gasteiger partial charge in [-0.3, -0.25) is 4.79 Å². The fourth-order valence-electron chi connectivity index (χ4n) is 2.00. The molecule has 1 atom stereocenters. The van der Waals surface area contributed by atoms with Crippen molar-refractivity contribution in [2.45, 2.75) is 26.4 Å². The fourth-order valence-corrected chi connectivity index (χ4v) is 2.00. The molecule has 2 N–H and O–H groups in total. The summed E-state index contributed by atoms with van der Waals surface area (Å²) in [5.74, 6) is -1.47. The van der Waals surface area contributed by atoms with Crippen LogP contribution in [0.3, 0.4) is 0 Å². The second kappa shape index (κ2) is 10.6. The lowest BCUT2D eigenvalue weighted by Crippen LogP contribution is -2.41. The molecule has 0 aromatic heterocycles. The molecule has 0 aliphatic heterocycles. The van der Waals surface area contributed by atoms with Crippen molar-refractivity contribution >= 4 is 12.0 Å². The SMILES string of the molecule is CC(CN(C)C(=O)NCCCCOCc1ccccc1)C(=O)O. The highest BCUT2D eigenvalue weighted by Gasteiger charge is 2.16. The Morgan fingerprint density at radius 3 is 2.61 bits per heavy atom. The molecule has 1 aromatic carbocycles. The molecule has 0 bridgehead atoms. The second-order valence-corrected chi connectivity index (χ2v) is 5.60. The maximum Gasteiger partial charge on any atom is 0.317 e. The smallest absolute Gasteiger partial charge is 0.317 e. The van der Waals surface area contributed by atoms with Crippen LogP contribution in [0.25, 0.3) is 0 Å². The molecule has 2 amide bonds. The molecule has 0 fully saturated rings. The molecular formula is C17H26N2O4. The van der Waals surface area contributed by atoms with Crippen LogP contribution in [0.1, 0.15) is 25.3 Å². The number of hydrogen-bond donors (Lipinski definition) is 2. The normalized spacial score (nSPS) is 11.7. The summed E-state index contributed by atoms with van der Waals surface area (Å²) in [6, 6.07) is 9.73. The maximum atomic E-state index is 11.8. The van der Waals surface area contributed by atoms with Crippen molar-refractivity contribution in [2.24, 2.45) is 5.92 Å². The van der Waals surface area contributed by atoms with Crippen molar-refractivity contribution < 1.29 is 19.4 Å². The maximum absolute atomic E-state index is 11.8. The molecule has 0 aliphatic rings. The summed E-state index contributed by atoms with van der Waals surface area (Å²) in [5.41, 5.74) is 1.15. The average molecular weight is 322 g/mol. The molecule has 1 unspecified atom stereocenters. The molecule has 6 heteroatoms. The van der Waals surface area contributed by atoms with E-state index in [1.54, 1.807) is 14.0 Å². The fraction of sp³-hybridized carbons (Fsp3) is 0.529. The first-order valence-corrected chi connectivity index (χ1v) is 7.84. The van der Waals surface area contributed by atoms with Crippen LogP contribution in [-0.2, 0) is 16.1 Å². The van der Waals surface area contributed by atoms with E-state index in [2.05, 4.69) is 5.32 Å².